The summed E-state index contributed by atoms with van der Waals surface area (Å²) in [6.07, 6.45) is 2.76. The number of halogens is 1. The molecular weight excluding hydrogens is 331 g/mol. The molecule has 0 spiro atoms. The molecule has 1 aromatic heterocycles. The van der Waals surface area contributed by atoms with E-state index in [1.165, 1.54) is 56.9 Å². The number of hydrogen-bond donors (Lipinski definition) is 0. The molecule has 2 unspecified atom stereocenters. The van der Waals surface area contributed by atoms with Gasteiger partial charge in [-0.15, -0.1) is 0 Å². The quantitative estimate of drug-likeness (QED) is 0.752. The van der Waals surface area contributed by atoms with E-state index in [1.807, 2.05) is 0 Å². The molecule has 4 rings (SSSR count). The van der Waals surface area contributed by atoms with Crippen LogP contribution in [0.3, 0.4) is 0 Å². The first-order valence-electron chi connectivity index (χ1n) is 7.38. The van der Waals surface area contributed by atoms with Crippen LogP contribution in [0, 0.1) is 5.82 Å². The summed E-state index contributed by atoms with van der Waals surface area (Å²) >= 11 is 0. The highest BCUT2D eigenvalue weighted by molar-refractivity contribution is 5.99. The molecule has 0 N–H and O–H groups in total. The number of epoxide rings is 1. The molecule has 25 heavy (non-hydrogen) atoms. The Labute approximate surface area is 141 Å². The van der Waals surface area contributed by atoms with Gasteiger partial charge in [-0.05, 0) is 30.3 Å². The predicted molar refractivity (Wildman–Crippen MR) is 83.6 cm³/mol. The normalized spacial score (nSPS) is 27.3. The maximum absolute atomic E-state index is 13.1. The van der Waals surface area contributed by atoms with Crippen LogP contribution in [-0.4, -0.2) is 46.9 Å². The first-order valence-corrected chi connectivity index (χ1v) is 7.38. The molecule has 1 aromatic carbocycles. The van der Waals surface area contributed by atoms with E-state index in [0.29, 0.717) is 5.69 Å². The molecule has 0 bridgehead atoms. The third-order valence-electron chi connectivity index (χ3n) is 4.35. The third kappa shape index (κ3) is 1.93. The van der Waals surface area contributed by atoms with Gasteiger partial charge in [0.15, 0.2) is 0 Å². The second kappa shape index (κ2) is 5.04. The molecule has 2 atom stereocenters. The molecule has 2 aliphatic heterocycles. The summed E-state index contributed by atoms with van der Waals surface area (Å²) in [5.41, 5.74) is -1.40. The minimum atomic E-state index is -1.62. The maximum atomic E-state index is 13.1. The van der Waals surface area contributed by atoms with Crippen LogP contribution >= 0.6 is 0 Å². The predicted octanol–water partition coefficient (Wildman–Crippen LogP) is 0.398. The smallest absolute Gasteiger partial charge is 0.306 e. The summed E-state index contributed by atoms with van der Waals surface area (Å²) in [7, 11) is 2.79. The van der Waals surface area contributed by atoms with Crippen LogP contribution in [0.15, 0.2) is 46.4 Å². The standard InChI is InChI=1S/C16H13FN4O4/c1-20-14(23)16(24-2)15(25-16,9-19-20)12-7-8-18-21(13(12)22)11-5-3-10(17)4-6-11/h3-9H,1-2H3. The van der Waals surface area contributed by atoms with Crippen LogP contribution in [0.2, 0.25) is 0 Å². The molecule has 8 nitrogen and oxygen atoms in total. The van der Waals surface area contributed by atoms with Gasteiger partial charge in [-0.3, -0.25) is 9.59 Å². The molecule has 1 saturated heterocycles. The first-order chi connectivity index (χ1) is 11.9. The van der Waals surface area contributed by atoms with Gasteiger partial charge in [0.25, 0.3) is 11.3 Å². The molecule has 128 valence electrons. The van der Waals surface area contributed by atoms with Crippen molar-refractivity contribution in [1.82, 2.24) is 14.8 Å². The van der Waals surface area contributed by atoms with Crippen molar-refractivity contribution in [3.05, 3.63) is 58.3 Å². The number of amides is 1. The van der Waals surface area contributed by atoms with Crippen LogP contribution in [0.1, 0.15) is 5.56 Å². The molecule has 2 aromatic rings. The maximum Gasteiger partial charge on any atom is 0.306 e. The molecule has 2 aliphatic rings. The first kappa shape index (κ1) is 15.6. The number of hydrogen-bond acceptors (Lipinski definition) is 6. The number of carbonyl (C=O) groups is 1. The van der Waals surface area contributed by atoms with Gasteiger partial charge >= 0.3 is 5.91 Å². The number of rotatable bonds is 3. The number of carbonyl (C=O) groups excluding carboxylic acids is 1. The zero-order valence-corrected chi connectivity index (χ0v) is 13.3. The number of nitrogens with zero attached hydrogens (tertiary/aromatic N) is 4. The average Bonchev–Trinajstić information content (AvgIpc) is 3.31. The lowest BCUT2D eigenvalue weighted by molar-refractivity contribution is -0.153. The van der Waals surface area contributed by atoms with Crippen LogP contribution in [0.5, 0.6) is 0 Å². The van der Waals surface area contributed by atoms with Crippen molar-refractivity contribution < 1.29 is 18.7 Å². The monoisotopic (exact) mass is 344 g/mol. The third-order valence-corrected chi connectivity index (χ3v) is 4.35. The highest BCUT2D eigenvalue weighted by Crippen LogP contribution is 2.56. The minimum Gasteiger partial charge on any atom is -0.343 e. The van der Waals surface area contributed by atoms with Gasteiger partial charge in [-0.2, -0.15) is 14.9 Å². The minimum absolute atomic E-state index is 0.152. The summed E-state index contributed by atoms with van der Waals surface area (Å²) in [4.78, 5) is 25.3. The number of fused-ring (bicyclic) bond motifs is 1. The van der Waals surface area contributed by atoms with Crippen LogP contribution < -0.4 is 5.56 Å². The van der Waals surface area contributed by atoms with Gasteiger partial charge in [0.05, 0.1) is 17.5 Å². The van der Waals surface area contributed by atoms with Crippen molar-refractivity contribution in [3.8, 4) is 5.69 Å². The number of benzene rings is 1. The molecule has 0 radical (unpaired) electrons. The Morgan fingerprint density at radius 1 is 1.20 bits per heavy atom. The van der Waals surface area contributed by atoms with Gasteiger partial charge < -0.3 is 9.47 Å². The topological polar surface area (TPSA) is 89.3 Å². The van der Waals surface area contributed by atoms with Crippen molar-refractivity contribution in [1.29, 1.82) is 0 Å². The van der Waals surface area contributed by atoms with Gasteiger partial charge in [0, 0.05) is 20.4 Å². The van der Waals surface area contributed by atoms with Gasteiger partial charge in [0.1, 0.15) is 5.82 Å². The lowest BCUT2D eigenvalue weighted by Crippen LogP contribution is -2.48. The van der Waals surface area contributed by atoms with Gasteiger partial charge in [0.2, 0.25) is 5.60 Å². The van der Waals surface area contributed by atoms with Crippen molar-refractivity contribution >= 4 is 12.1 Å². The fraction of sp³-hybridized carbons (Fsp3) is 0.250. The lowest BCUT2D eigenvalue weighted by atomic mass is 9.94. The fourth-order valence-corrected chi connectivity index (χ4v) is 2.99. The summed E-state index contributed by atoms with van der Waals surface area (Å²) in [5, 5.41) is 9.07. The second-order valence-electron chi connectivity index (χ2n) is 5.67. The Balaban J connectivity index is 1.87. The van der Waals surface area contributed by atoms with E-state index in [9.17, 15) is 14.0 Å². The van der Waals surface area contributed by atoms with E-state index < -0.39 is 28.7 Å². The van der Waals surface area contributed by atoms with Crippen molar-refractivity contribution in [3.63, 3.8) is 0 Å². The highest BCUT2D eigenvalue weighted by atomic mass is 19.1. The molecular formula is C16H13FN4O4. The number of hydrazone groups is 1. The highest BCUT2D eigenvalue weighted by Gasteiger charge is 2.80. The van der Waals surface area contributed by atoms with E-state index in [1.54, 1.807) is 0 Å². The van der Waals surface area contributed by atoms with E-state index in [4.69, 9.17) is 9.47 Å². The second-order valence-corrected chi connectivity index (χ2v) is 5.67. The summed E-state index contributed by atoms with van der Waals surface area (Å²) in [6.45, 7) is 0. The Hall–Kier alpha value is -2.91. The summed E-state index contributed by atoms with van der Waals surface area (Å²) in [6, 6.07) is 6.75. The molecule has 3 heterocycles. The van der Waals surface area contributed by atoms with E-state index >= 15 is 0 Å². The molecule has 1 fully saturated rings. The average molecular weight is 344 g/mol. The zero-order valence-electron chi connectivity index (χ0n) is 13.3. The summed E-state index contributed by atoms with van der Waals surface area (Å²) in [5.74, 6) is -2.56. The Bertz CT molecular complexity index is 957. The van der Waals surface area contributed by atoms with Gasteiger partial charge in [-0.25, -0.2) is 9.40 Å². The Kier molecular flexibility index (Phi) is 3.15. The Morgan fingerprint density at radius 3 is 2.60 bits per heavy atom. The van der Waals surface area contributed by atoms with Crippen LogP contribution in [0.25, 0.3) is 5.69 Å². The number of likely N-dealkylation sites (N-methyl/N-ethyl adjacent to an activating group) is 1. The zero-order chi connectivity index (χ0) is 17.8. The number of methoxy groups -OCH3 is 1. The number of aromatic nitrogens is 2. The largest absolute Gasteiger partial charge is 0.343 e. The molecule has 9 heteroatoms. The van der Waals surface area contributed by atoms with Crippen molar-refractivity contribution in [2.45, 2.75) is 11.4 Å². The fourth-order valence-electron chi connectivity index (χ4n) is 2.99. The molecule has 0 saturated carbocycles. The number of ether oxygens (including phenoxy) is 2. The van der Waals surface area contributed by atoms with E-state index in [-0.39, 0.29) is 5.56 Å². The van der Waals surface area contributed by atoms with Crippen LogP contribution in [0.4, 0.5) is 4.39 Å². The lowest BCUT2D eigenvalue weighted by Gasteiger charge is -2.23. The van der Waals surface area contributed by atoms with Crippen LogP contribution in [-0.2, 0) is 19.9 Å². The van der Waals surface area contributed by atoms with Crippen molar-refractivity contribution in [2.75, 3.05) is 14.2 Å². The van der Waals surface area contributed by atoms with E-state index in [2.05, 4.69) is 10.2 Å². The van der Waals surface area contributed by atoms with Crippen molar-refractivity contribution in [2.24, 2.45) is 5.10 Å². The SMILES string of the molecule is COC12OC1(c1ccnn(-c3ccc(F)cc3)c1=O)C=NN(C)C2=O. The Morgan fingerprint density at radius 2 is 1.92 bits per heavy atom. The molecule has 1 amide bonds. The van der Waals surface area contributed by atoms with Gasteiger partial charge in [-0.1, -0.05) is 0 Å². The molecule has 0 aliphatic carbocycles. The van der Waals surface area contributed by atoms with E-state index in [0.717, 1.165) is 9.69 Å². The summed E-state index contributed by atoms with van der Waals surface area (Å²) < 4.78 is 25.1.